The Morgan fingerprint density at radius 1 is 1.00 bits per heavy atom. The van der Waals surface area contributed by atoms with Gasteiger partial charge in [-0.3, -0.25) is 14.4 Å². The summed E-state index contributed by atoms with van der Waals surface area (Å²) in [7, 11) is -3.71. The minimum Gasteiger partial charge on any atom is -0.377 e. The fourth-order valence-electron chi connectivity index (χ4n) is 5.64. The highest BCUT2D eigenvalue weighted by Crippen LogP contribution is 2.51. The third-order valence-electron chi connectivity index (χ3n) is 7.24. The number of fused-ring (bicyclic) bond motifs is 4. The second kappa shape index (κ2) is 7.70. The van der Waals surface area contributed by atoms with Crippen molar-refractivity contribution < 1.29 is 13.3 Å². The lowest BCUT2D eigenvalue weighted by molar-refractivity contribution is -0.385. The average molecular weight is 474 g/mol. The highest BCUT2D eigenvalue weighted by Gasteiger charge is 2.41. The molecule has 1 aliphatic carbocycles. The molecule has 2 aliphatic heterocycles. The van der Waals surface area contributed by atoms with Crippen LogP contribution in [0.15, 0.2) is 83.8 Å². The quantitative estimate of drug-likeness (QED) is 0.320. The number of nitro benzene ring substituents is 1. The van der Waals surface area contributed by atoms with E-state index in [1.807, 2.05) is 30.3 Å². The largest absolute Gasteiger partial charge is 0.377 e. The van der Waals surface area contributed by atoms with Gasteiger partial charge in [-0.15, -0.1) is 0 Å². The number of nitrogens with zero attached hydrogens (tertiary/aromatic N) is 2. The van der Waals surface area contributed by atoms with Gasteiger partial charge >= 0.3 is 0 Å². The van der Waals surface area contributed by atoms with E-state index in [-0.39, 0.29) is 33.4 Å². The Kier molecular flexibility index (Phi) is 4.74. The molecule has 3 unspecified atom stereocenters. The molecular formula is C26H23N3O4S. The molecule has 0 spiro atoms. The molecule has 0 radical (unpaired) electrons. The summed E-state index contributed by atoms with van der Waals surface area (Å²) < 4.78 is 28.7. The van der Waals surface area contributed by atoms with Gasteiger partial charge in [-0.2, -0.15) is 0 Å². The van der Waals surface area contributed by atoms with Crippen LogP contribution in [0.4, 0.5) is 17.1 Å². The van der Waals surface area contributed by atoms with Crippen molar-refractivity contribution in [2.75, 3.05) is 16.2 Å². The zero-order chi connectivity index (χ0) is 23.4. The predicted molar refractivity (Wildman–Crippen MR) is 131 cm³/mol. The molecule has 6 rings (SSSR count). The van der Waals surface area contributed by atoms with Crippen molar-refractivity contribution in [1.82, 2.24) is 0 Å². The number of benzene rings is 3. The van der Waals surface area contributed by atoms with E-state index in [2.05, 4.69) is 17.5 Å². The Bertz CT molecular complexity index is 1450. The normalized spacial score (nSPS) is 22.6. The Morgan fingerprint density at radius 3 is 2.65 bits per heavy atom. The molecule has 1 N–H and O–H groups in total. The fourth-order valence-corrected chi connectivity index (χ4v) is 7.18. The molecule has 3 atom stereocenters. The van der Waals surface area contributed by atoms with E-state index in [1.54, 1.807) is 30.3 Å². The maximum Gasteiger partial charge on any atom is 0.274 e. The monoisotopic (exact) mass is 473 g/mol. The van der Waals surface area contributed by atoms with E-state index in [9.17, 15) is 18.5 Å². The highest BCUT2D eigenvalue weighted by atomic mass is 32.2. The molecule has 2 heterocycles. The third kappa shape index (κ3) is 3.13. The van der Waals surface area contributed by atoms with Crippen LogP contribution >= 0.6 is 0 Å². The second-order valence-corrected chi connectivity index (χ2v) is 10.9. The minimum atomic E-state index is -3.71. The predicted octanol–water partition coefficient (Wildman–Crippen LogP) is 5.17. The molecule has 3 aromatic carbocycles. The maximum atomic E-state index is 13.6. The molecule has 0 fully saturated rings. The number of nitrogens with one attached hydrogen (secondary N) is 1. The van der Waals surface area contributed by atoms with Crippen molar-refractivity contribution in [3.63, 3.8) is 0 Å². The van der Waals surface area contributed by atoms with Gasteiger partial charge in [0.1, 0.15) is 0 Å². The average Bonchev–Trinajstić information content (AvgIpc) is 3.51. The van der Waals surface area contributed by atoms with Crippen molar-refractivity contribution in [1.29, 1.82) is 0 Å². The van der Waals surface area contributed by atoms with Gasteiger partial charge < -0.3 is 5.32 Å². The van der Waals surface area contributed by atoms with Crippen LogP contribution in [-0.4, -0.2) is 19.9 Å². The maximum absolute atomic E-state index is 13.6. The summed E-state index contributed by atoms with van der Waals surface area (Å²) in [5.74, 6) is 0.0566. The summed E-state index contributed by atoms with van der Waals surface area (Å²) in [6.45, 7) is 0.433. The van der Waals surface area contributed by atoms with E-state index in [0.717, 1.165) is 28.9 Å². The minimum absolute atomic E-state index is 0.0120. The van der Waals surface area contributed by atoms with Gasteiger partial charge in [0.05, 0.1) is 27.1 Å². The smallest absolute Gasteiger partial charge is 0.274 e. The third-order valence-corrected chi connectivity index (χ3v) is 9.04. The van der Waals surface area contributed by atoms with Crippen molar-refractivity contribution in [2.24, 2.45) is 5.92 Å². The van der Waals surface area contributed by atoms with E-state index >= 15 is 0 Å². The molecule has 0 amide bonds. The van der Waals surface area contributed by atoms with Crippen LogP contribution in [0.1, 0.15) is 35.1 Å². The SMILES string of the molecule is O=[N+]([O-])c1ccccc1C1Nc2ccc(S(=O)(=O)N3CCc4ccccc43)cc2C2C=CCC21. The molecule has 7 nitrogen and oxygen atoms in total. The molecule has 8 heteroatoms. The summed E-state index contributed by atoms with van der Waals surface area (Å²) in [5.41, 5.74) is 4.27. The summed E-state index contributed by atoms with van der Waals surface area (Å²) in [4.78, 5) is 11.6. The number of hydrogen-bond acceptors (Lipinski definition) is 5. The van der Waals surface area contributed by atoms with Crippen LogP contribution in [0, 0.1) is 16.0 Å². The van der Waals surface area contributed by atoms with Crippen LogP contribution in [-0.2, 0) is 16.4 Å². The number of nitro groups is 1. The lowest BCUT2D eigenvalue weighted by Gasteiger charge is -2.37. The summed E-state index contributed by atoms with van der Waals surface area (Å²) in [5, 5.41) is 15.2. The Balaban J connectivity index is 1.40. The molecule has 172 valence electrons. The van der Waals surface area contributed by atoms with Gasteiger partial charge in [-0.05, 0) is 54.2 Å². The van der Waals surface area contributed by atoms with E-state index in [1.165, 1.54) is 10.4 Å². The zero-order valence-corrected chi connectivity index (χ0v) is 19.1. The number of anilines is 2. The molecule has 0 bridgehead atoms. The topological polar surface area (TPSA) is 92.5 Å². The first-order valence-corrected chi connectivity index (χ1v) is 12.8. The van der Waals surface area contributed by atoms with Gasteiger partial charge in [-0.25, -0.2) is 8.42 Å². The summed E-state index contributed by atoms with van der Waals surface area (Å²) >= 11 is 0. The van der Waals surface area contributed by atoms with Crippen molar-refractivity contribution in [2.45, 2.75) is 29.7 Å². The molecular weight excluding hydrogens is 450 g/mol. The number of para-hydroxylation sites is 2. The Morgan fingerprint density at radius 2 is 1.79 bits per heavy atom. The van der Waals surface area contributed by atoms with Crippen LogP contribution in [0.25, 0.3) is 0 Å². The first kappa shape index (κ1) is 20.9. The molecule has 0 saturated carbocycles. The number of rotatable bonds is 4. The molecule has 34 heavy (non-hydrogen) atoms. The van der Waals surface area contributed by atoms with Gasteiger partial charge in [0, 0.05) is 24.2 Å². The van der Waals surface area contributed by atoms with Gasteiger partial charge in [-0.1, -0.05) is 48.6 Å². The van der Waals surface area contributed by atoms with Gasteiger partial charge in [0.15, 0.2) is 0 Å². The second-order valence-electron chi connectivity index (χ2n) is 9.00. The van der Waals surface area contributed by atoms with Crippen LogP contribution in [0.5, 0.6) is 0 Å². The van der Waals surface area contributed by atoms with Crippen LogP contribution in [0.3, 0.4) is 0 Å². The summed E-state index contributed by atoms with van der Waals surface area (Å²) in [6, 6.07) is 19.4. The van der Waals surface area contributed by atoms with E-state index < -0.39 is 10.0 Å². The summed E-state index contributed by atoms with van der Waals surface area (Å²) in [6.07, 6.45) is 5.66. The van der Waals surface area contributed by atoms with Crippen molar-refractivity contribution >= 4 is 27.1 Å². The lowest BCUT2D eigenvalue weighted by atomic mass is 9.76. The Hall–Kier alpha value is -3.65. The van der Waals surface area contributed by atoms with Crippen LogP contribution in [0.2, 0.25) is 0 Å². The van der Waals surface area contributed by atoms with Crippen LogP contribution < -0.4 is 9.62 Å². The molecule has 3 aliphatic rings. The van der Waals surface area contributed by atoms with E-state index in [4.69, 9.17) is 0 Å². The first-order valence-electron chi connectivity index (χ1n) is 11.4. The van der Waals surface area contributed by atoms with Crippen molar-refractivity contribution in [3.05, 3.63) is 106 Å². The molecule has 0 aromatic heterocycles. The van der Waals surface area contributed by atoms with E-state index in [0.29, 0.717) is 18.5 Å². The number of allylic oxidation sites excluding steroid dienone is 2. The van der Waals surface area contributed by atoms with Crippen molar-refractivity contribution in [3.8, 4) is 0 Å². The van der Waals surface area contributed by atoms with Gasteiger partial charge in [0.2, 0.25) is 0 Å². The molecule has 0 saturated heterocycles. The van der Waals surface area contributed by atoms with Gasteiger partial charge in [0.25, 0.3) is 15.7 Å². The number of sulfonamides is 1. The standard InChI is InChI=1S/C26H23N3O4S/c30-29(31)25-11-4-2-7-21(25)26-20-9-5-8-19(20)22-16-18(12-13-23(22)27-26)34(32,33)28-15-14-17-6-1-3-10-24(17)28/h1-8,10-13,16,19-20,26-27H,9,14-15H2. The Labute approximate surface area is 197 Å². The fraction of sp³-hybridized carbons (Fsp3) is 0.231. The highest BCUT2D eigenvalue weighted by molar-refractivity contribution is 7.92. The first-order chi connectivity index (χ1) is 16.4. The molecule has 3 aromatic rings. The lowest BCUT2D eigenvalue weighted by Crippen LogP contribution is -2.31. The zero-order valence-electron chi connectivity index (χ0n) is 18.3. The number of hydrogen-bond donors (Lipinski definition) is 1.